The summed E-state index contributed by atoms with van der Waals surface area (Å²) in [4.78, 5) is 16.2. The number of sulfone groups is 1. The number of halogens is 4. The molecular formula is C18H18ClF3N2O4S. The van der Waals surface area contributed by atoms with Crippen molar-refractivity contribution in [3.05, 3.63) is 41.4 Å². The van der Waals surface area contributed by atoms with E-state index < -0.39 is 39.5 Å². The molecule has 1 aliphatic rings. The Kier molecular flexibility index (Phi) is 5.96. The van der Waals surface area contributed by atoms with Crippen LogP contribution in [0.5, 0.6) is 5.75 Å². The first-order valence-electron chi connectivity index (χ1n) is 8.73. The molecule has 0 amide bonds. The van der Waals surface area contributed by atoms with E-state index in [1.54, 1.807) is 6.07 Å². The van der Waals surface area contributed by atoms with Gasteiger partial charge in [0, 0.05) is 6.04 Å². The molecule has 3 rings (SSSR count). The van der Waals surface area contributed by atoms with Crippen LogP contribution in [0.2, 0.25) is 5.15 Å². The minimum Gasteiger partial charge on any atom is -0.497 e. The molecule has 158 valence electrons. The number of hydrogen-bond donors (Lipinski definition) is 0. The van der Waals surface area contributed by atoms with E-state index >= 15 is 0 Å². The minimum absolute atomic E-state index is 0.0316. The monoisotopic (exact) mass is 450 g/mol. The molecule has 1 aliphatic carbocycles. The summed E-state index contributed by atoms with van der Waals surface area (Å²) >= 11 is 6.13. The Morgan fingerprint density at radius 2 is 2.07 bits per heavy atom. The smallest absolute Gasteiger partial charge is 0.393 e. The Labute approximate surface area is 170 Å². The number of alkyl halides is 3. The molecule has 2 atom stereocenters. The molecule has 0 radical (unpaired) electrons. The van der Waals surface area contributed by atoms with E-state index in [1.165, 1.54) is 25.3 Å². The third-order valence-corrected chi connectivity index (χ3v) is 6.96. The normalized spacial score (nSPS) is 20.0. The van der Waals surface area contributed by atoms with E-state index in [0.29, 0.717) is 12.2 Å². The van der Waals surface area contributed by atoms with Gasteiger partial charge in [-0.2, -0.15) is 13.2 Å². The molecule has 0 saturated heterocycles. The number of hydrogen-bond acceptors (Lipinski definition) is 5. The third-order valence-electron chi connectivity index (χ3n) is 4.98. The number of methoxy groups -OCH3 is 1. The van der Waals surface area contributed by atoms with E-state index in [1.807, 2.05) is 0 Å². The van der Waals surface area contributed by atoms with Crippen LogP contribution < -0.4 is 4.74 Å². The van der Waals surface area contributed by atoms with E-state index in [0.717, 1.165) is 10.9 Å². The maximum atomic E-state index is 13.2. The second-order valence-electron chi connectivity index (χ2n) is 6.80. The average Bonchev–Trinajstić information content (AvgIpc) is 3.27. The number of Topliss-reactive ketones (excluding diaryl/α,β-unsaturated/α-hetero) is 1. The second kappa shape index (κ2) is 7.98. The van der Waals surface area contributed by atoms with Crippen LogP contribution in [-0.4, -0.2) is 42.8 Å². The highest BCUT2D eigenvalue weighted by Crippen LogP contribution is 2.46. The highest BCUT2D eigenvalue weighted by Gasteiger charge is 2.48. The van der Waals surface area contributed by atoms with Gasteiger partial charge in [-0.25, -0.2) is 13.4 Å². The van der Waals surface area contributed by atoms with Crippen molar-refractivity contribution in [2.75, 3.05) is 12.9 Å². The molecule has 1 heterocycles. The lowest BCUT2D eigenvalue weighted by Crippen LogP contribution is -2.28. The van der Waals surface area contributed by atoms with Gasteiger partial charge in [-0.3, -0.25) is 4.79 Å². The quantitative estimate of drug-likeness (QED) is 0.619. The molecule has 1 saturated carbocycles. The van der Waals surface area contributed by atoms with Crippen molar-refractivity contribution >= 4 is 27.2 Å². The van der Waals surface area contributed by atoms with Crippen molar-refractivity contribution < 1.29 is 31.1 Å². The van der Waals surface area contributed by atoms with Gasteiger partial charge < -0.3 is 9.30 Å². The van der Waals surface area contributed by atoms with Gasteiger partial charge in [0.1, 0.15) is 22.3 Å². The van der Waals surface area contributed by atoms with Gasteiger partial charge in [0.2, 0.25) is 0 Å². The number of benzene rings is 1. The Balaban J connectivity index is 1.84. The topological polar surface area (TPSA) is 78.3 Å². The maximum absolute atomic E-state index is 13.2. The van der Waals surface area contributed by atoms with Gasteiger partial charge >= 0.3 is 6.18 Å². The SMILES string of the molecule is COc1cccc(S(=O)(=O)CC(=O)c2ncn(C3CCCC3C(F)(F)F)c2Cl)c1. The van der Waals surface area contributed by atoms with E-state index in [2.05, 4.69) is 4.98 Å². The molecule has 0 bridgehead atoms. The summed E-state index contributed by atoms with van der Waals surface area (Å²) in [6.07, 6.45) is -2.74. The van der Waals surface area contributed by atoms with Gasteiger partial charge in [0.05, 0.1) is 24.3 Å². The predicted molar refractivity (Wildman–Crippen MR) is 99.0 cm³/mol. The maximum Gasteiger partial charge on any atom is 0.393 e. The standard InChI is InChI=1S/C18H18ClF3N2O4S/c1-28-11-4-2-5-12(8-11)29(26,27)9-15(25)16-17(19)24(10-23-16)14-7-3-6-13(14)18(20,21)22/h2,4-5,8,10,13-14H,3,6-7,9H2,1H3. The summed E-state index contributed by atoms with van der Waals surface area (Å²) in [5.41, 5.74) is -0.356. The zero-order chi connectivity index (χ0) is 21.4. The third kappa shape index (κ3) is 4.42. The Morgan fingerprint density at radius 3 is 2.72 bits per heavy atom. The van der Waals surface area contributed by atoms with Crippen molar-refractivity contribution in [2.24, 2.45) is 5.92 Å². The van der Waals surface area contributed by atoms with Crippen molar-refractivity contribution in [1.29, 1.82) is 0 Å². The number of nitrogens with zero attached hydrogens (tertiary/aromatic N) is 2. The largest absolute Gasteiger partial charge is 0.497 e. The number of carbonyl (C=O) groups is 1. The average molecular weight is 451 g/mol. The van der Waals surface area contributed by atoms with Gasteiger partial charge in [0.15, 0.2) is 15.6 Å². The second-order valence-corrected chi connectivity index (χ2v) is 9.15. The lowest BCUT2D eigenvalue weighted by Gasteiger charge is -2.24. The van der Waals surface area contributed by atoms with Crippen LogP contribution in [0.1, 0.15) is 35.8 Å². The predicted octanol–water partition coefficient (Wildman–Crippen LogP) is 4.11. The number of aromatic nitrogens is 2. The summed E-state index contributed by atoms with van der Waals surface area (Å²) in [5, 5.41) is -0.281. The summed E-state index contributed by atoms with van der Waals surface area (Å²) in [5.74, 6) is -3.08. The molecule has 2 unspecified atom stereocenters. The molecule has 1 aromatic carbocycles. The molecule has 2 aromatic rings. The number of imidazole rings is 1. The number of carbonyl (C=O) groups excluding carboxylic acids is 1. The fourth-order valence-electron chi connectivity index (χ4n) is 3.54. The zero-order valence-electron chi connectivity index (χ0n) is 15.3. The lowest BCUT2D eigenvalue weighted by molar-refractivity contribution is -0.181. The van der Waals surface area contributed by atoms with Gasteiger partial charge in [0.25, 0.3) is 0 Å². The molecule has 1 aromatic heterocycles. The van der Waals surface area contributed by atoms with Crippen molar-refractivity contribution in [2.45, 2.75) is 36.4 Å². The number of rotatable bonds is 6. The first-order chi connectivity index (χ1) is 13.5. The van der Waals surface area contributed by atoms with Crippen LogP contribution in [0.3, 0.4) is 0 Å². The van der Waals surface area contributed by atoms with Crippen molar-refractivity contribution in [3.8, 4) is 5.75 Å². The molecule has 6 nitrogen and oxygen atoms in total. The first-order valence-corrected chi connectivity index (χ1v) is 10.8. The molecule has 0 aliphatic heterocycles. The summed E-state index contributed by atoms with van der Waals surface area (Å²) < 4.78 is 70.9. The molecule has 0 spiro atoms. The van der Waals surface area contributed by atoms with E-state index in [9.17, 15) is 26.4 Å². The van der Waals surface area contributed by atoms with E-state index in [-0.39, 0.29) is 28.6 Å². The van der Waals surface area contributed by atoms with Crippen LogP contribution in [0.25, 0.3) is 0 Å². The van der Waals surface area contributed by atoms with Crippen LogP contribution in [0, 0.1) is 5.92 Å². The highest BCUT2D eigenvalue weighted by molar-refractivity contribution is 7.92. The lowest BCUT2D eigenvalue weighted by atomic mass is 10.0. The van der Waals surface area contributed by atoms with Crippen LogP contribution in [-0.2, 0) is 9.84 Å². The molecule has 1 fully saturated rings. The Hall–Kier alpha value is -2.07. The summed E-state index contributed by atoms with van der Waals surface area (Å²) in [7, 11) is -2.64. The summed E-state index contributed by atoms with van der Waals surface area (Å²) in [6, 6.07) is 4.65. The molecule has 11 heteroatoms. The Bertz CT molecular complexity index is 1020. The first kappa shape index (κ1) is 21.6. The zero-order valence-corrected chi connectivity index (χ0v) is 16.9. The van der Waals surface area contributed by atoms with Crippen LogP contribution in [0.4, 0.5) is 13.2 Å². The number of ketones is 1. The van der Waals surface area contributed by atoms with Gasteiger partial charge in [-0.1, -0.05) is 24.1 Å². The van der Waals surface area contributed by atoms with Gasteiger partial charge in [-0.05, 0) is 31.0 Å². The summed E-state index contributed by atoms with van der Waals surface area (Å²) in [6.45, 7) is 0. The minimum atomic E-state index is -4.39. The molecule has 0 N–H and O–H groups in total. The van der Waals surface area contributed by atoms with Crippen molar-refractivity contribution in [1.82, 2.24) is 9.55 Å². The van der Waals surface area contributed by atoms with Crippen LogP contribution in [0.15, 0.2) is 35.5 Å². The molecular weight excluding hydrogens is 433 g/mol. The fraction of sp³-hybridized carbons (Fsp3) is 0.444. The fourth-order valence-corrected chi connectivity index (χ4v) is 5.09. The van der Waals surface area contributed by atoms with Crippen molar-refractivity contribution in [3.63, 3.8) is 0 Å². The highest BCUT2D eigenvalue weighted by atomic mass is 35.5. The molecule has 29 heavy (non-hydrogen) atoms. The number of ether oxygens (including phenoxy) is 1. The van der Waals surface area contributed by atoms with Gasteiger partial charge in [-0.15, -0.1) is 0 Å². The van der Waals surface area contributed by atoms with E-state index in [4.69, 9.17) is 16.3 Å². The van der Waals surface area contributed by atoms with Crippen LogP contribution >= 0.6 is 11.6 Å². The Morgan fingerprint density at radius 1 is 1.34 bits per heavy atom.